The van der Waals surface area contributed by atoms with Crippen LogP contribution in [0.5, 0.6) is 5.75 Å². The normalized spacial score (nSPS) is 23.6. The number of carboxylic acid groups (broad SMARTS) is 1. The van der Waals surface area contributed by atoms with Crippen LogP contribution in [0.4, 0.5) is 0 Å². The van der Waals surface area contributed by atoms with Gasteiger partial charge in [0.25, 0.3) is 0 Å². The number of carbonyl (C=O) groups is 2. The predicted molar refractivity (Wildman–Crippen MR) is 116 cm³/mol. The van der Waals surface area contributed by atoms with Gasteiger partial charge >= 0.3 is 0 Å². The highest BCUT2D eigenvalue weighted by atomic mass is 127. The van der Waals surface area contributed by atoms with Crippen molar-refractivity contribution in [2.45, 2.75) is 32.5 Å². The Bertz CT molecular complexity index is 1080. The third-order valence-electron chi connectivity index (χ3n) is 6.08. The highest BCUT2D eigenvalue weighted by Gasteiger charge is 2.58. The lowest BCUT2D eigenvalue weighted by atomic mass is 9.78. The standard InChI is InChI=1S/C22H24IN3O5/c1-12-15(20(22(29)30)26-19(12)18(13(2)27)21(26)28)10-31-17-5-4-14(8-16(17)23)9-25-7-6-24(3)11-25/h4-8,11-13,18-19,27H,9-10H2,1-3H3/t12?,13?,18-,19-/m1/s1. The van der Waals surface area contributed by atoms with Gasteiger partial charge in [0.1, 0.15) is 31.3 Å². The SMILES string of the molecule is CC(O)[C@H]1C(=O)N2C(C(=O)[O-])=C(COc3ccc(Cn4cc[n+](C)c4)cc3I)C(C)[C@H]12. The highest BCUT2D eigenvalue weighted by molar-refractivity contribution is 14.1. The van der Waals surface area contributed by atoms with E-state index >= 15 is 0 Å². The van der Waals surface area contributed by atoms with E-state index in [0.717, 1.165) is 15.7 Å². The van der Waals surface area contributed by atoms with Crippen molar-refractivity contribution in [2.24, 2.45) is 18.9 Å². The zero-order valence-electron chi connectivity index (χ0n) is 17.5. The highest BCUT2D eigenvalue weighted by Crippen LogP contribution is 2.47. The molecule has 2 aliphatic heterocycles. The molecule has 0 bridgehead atoms. The van der Waals surface area contributed by atoms with E-state index in [-0.39, 0.29) is 30.2 Å². The Kier molecular flexibility index (Phi) is 5.82. The first-order chi connectivity index (χ1) is 14.7. The maximum atomic E-state index is 12.4. The largest absolute Gasteiger partial charge is 0.543 e. The van der Waals surface area contributed by atoms with Crippen molar-refractivity contribution in [3.8, 4) is 5.75 Å². The van der Waals surface area contributed by atoms with Crippen molar-refractivity contribution in [3.63, 3.8) is 0 Å². The van der Waals surface area contributed by atoms with E-state index in [4.69, 9.17) is 4.74 Å². The molecule has 0 spiro atoms. The third-order valence-corrected chi connectivity index (χ3v) is 6.92. The fourth-order valence-electron chi connectivity index (χ4n) is 4.54. The molecular formula is C22H24IN3O5. The Labute approximate surface area is 193 Å². The second-order valence-corrected chi connectivity index (χ2v) is 9.38. The molecule has 4 rings (SSSR count). The number of hydrogen-bond donors (Lipinski definition) is 1. The number of hydrogen-bond acceptors (Lipinski definition) is 5. The molecular weight excluding hydrogens is 513 g/mol. The Morgan fingerprint density at radius 2 is 2.16 bits per heavy atom. The maximum absolute atomic E-state index is 12.4. The summed E-state index contributed by atoms with van der Waals surface area (Å²) < 4.78 is 10.9. The molecule has 2 unspecified atom stereocenters. The first-order valence-corrected chi connectivity index (χ1v) is 11.1. The molecule has 2 aliphatic rings. The fraction of sp³-hybridized carbons (Fsp3) is 0.409. The number of halogens is 1. The molecule has 1 aromatic heterocycles. The summed E-state index contributed by atoms with van der Waals surface area (Å²) in [5.41, 5.74) is 1.51. The molecule has 8 nitrogen and oxygen atoms in total. The second-order valence-electron chi connectivity index (χ2n) is 8.22. The molecule has 1 aromatic carbocycles. The lowest BCUT2D eigenvalue weighted by molar-refractivity contribution is -0.671. The smallest absolute Gasteiger partial charge is 0.243 e. The van der Waals surface area contributed by atoms with Crippen LogP contribution in [0.3, 0.4) is 0 Å². The number of benzene rings is 1. The maximum Gasteiger partial charge on any atom is 0.243 e. The summed E-state index contributed by atoms with van der Waals surface area (Å²) in [6.07, 6.45) is 5.13. The lowest BCUT2D eigenvalue weighted by Gasteiger charge is -2.47. The number of fused-ring (bicyclic) bond motifs is 1. The van der Waals surface area contributed by atoms with Crippen molar-refractivity contribution in [3.05, 3.63) is 57.3 Å². The van der Waals surface area contributed by atoms with Gasteiger partial charge in [0, 0.05) is 5.92 Å². The van der Waals surface area contributed by atoms with Crippen LogP contribution < -0.4 is 14.4 Å². The van der Waals surface area contributed by atoms with Crippen LogP contribution in [-0.4, -0.2) is 45.2 Å². The number of nitrogens with zero attached hydrogens (tertiary/aromatic N) is 3. The van der Waals surface area contributed by atoms with Gasteiger partial charge in [0.2, 0.25) is 12.2 Å². The first-order valence-electron chi connectivity index (χ1n) is 10.1. The number of aryl methyl sites for hydroxylation is 1. The Hall–Kier alpha value is -2.40. The minimum absolute atomic E-state index is 0.0417. The van der Waals surface area contributed by atoms with Crippen molar-refractivity contribution >= 4 is 34.5 Å². The molecule has 0 saturated carbocycles. The van der Waals surface area contributed by atoms with Crippen LogP contribution >= 0.6 is 22.6 Å². The Morgan fingerprint density at radius 3 is 2.74 bits per heavy atom. The van der Waals surface area contributed by atoms with Gasteiger partial charge in [-0.3, -0.25) is 4.79 Å². The van der Waals surface area contributed by atoms with Gasteiger partial charge in [0.05, 0.1) is 40.3 Å². The minimum Gasteiger partial charge on any atom is -0.543 e. The van der Waals surface area contributed by atoms with Crippen LogP contribution in [-0.2, 0) is 23.2 Å². The van der Waals surface area contributed by atoms with Gasteiger partial charge in [-0.2, -0.15) is 0 Å². The number of amides is 1. The first kappa shape index (κ1) is 21.8. The van der Waals surface area contributed by atoms with Crippen molar-refractivity contribution in [2.75, 3.05) is 6.61 Å². The molecule has 164 valence electrons. The molecule has 1 N–H and O–H groups in total. The van der Waals surface area contributed by atoms with Gasteiger partial charge in [-0.15, -0.1) is 0 Å². The van der Waals surface area contributed by atoms with E-state index in [1.165, 1.54) is 4.90 Å². The van der Waals surface area contributed by atoms with Gasteiger partial charge < -0.3 is 24.6 Å². The minimum atomic E-state index is -1.39. The average Bonchev–Trinajstić information content (AvgIpc) is 3.20. The van der Waals surface area contributed by atoms with Crippen molar-refractivity contribution in [1.29, 1.82) is 0 Å². The number of β-lactam (4-membered cyclic amide) rings is 1. The van der Waals surface area contributed by atoms with Crippen LogP contribution in [0.15, 0.2) is 48.2 Å². The number of rotatable bonds is 7. The zero-order chi connectivity index (χ0) is 22.4. The number of carboxylic acids is 1. The quantitative estimate of drug-likeness (QED) is 0.310. The summed E-state index contributed by atoms with van der Waals surface area (Å²) in [6, 6.07) is 5.51. The molecule has 31 heavy (non-hydrogen) atoms. The summed E-state index contributed by atoms with van der Waals surface area (Å²) in [5.74, 6) is -1.96. The van der Waals surface area contributed by atoms with Crippen molar-refractivity contribution < 1.29 is 29.1 Å². The summed E-state index contributed by atoms with van der Waals surface area (Å²) >= 11 is 2.20. The lowest BCUT2D eigenvalue weighted by Crippen LogP contribution is -2.64. The van der Waals surface area contributed by atoms with E-state index in [1.54, 1.807) is 6.92 Å². The van der Waals surface area contributed by atoms with Crippen LogP contribution in [0, 0.1) is 15.4 Å². The van der Waals surface area contributed by atoms with E-state index < -0.39 is 18.0 Å². The Morgan fingerprint density at radius 1 is 1.42 bits per heavy atom. The average molecular weight is 537 g/mol. The molecule has 2 aromatic rings. The molecule has 9 heteroatoms. The third kappa shape index (κ3) is 3.84. The molecule has 1 fully saturated rings. The summed E-state index contributed by atoms with van der Waals surface area (Å²) in [7, 11) is 1.97. The van der Waals surface area contributed by atoms with Gasteiger partial charge in [-0.05, 0) is 52.8 Å². The number of aliphatic carboxylic acids is 1. The number of aliphatic hydroxyl groups excluding tert-OH is 1. The van der Waals surface area contributed by atoms with E-state index in [2.05, 4.69) is 27.2 Å². The van der Waals surface area contributed by atoms with E-state index in [1.807, 2.05) is 55.5 Å². The molecule has 4 atom stereocenters. The van der Waals surface area contributed by atoms with Crippen LogP contribution in [0.1, 0.15) is 19.4 Å². The summed E-state index contributed by atoms with van der Waals surface area (Å²) in [4.78, 5) is 25.4. The Balaban J connectivity index is 1.50. The molecule has 3 heterocycles. The molecule has 0 aliphatic carbocycles. The summed E-state index contributed by atoms with van der Waals surface area (Å²) in [6.45, 7) is 4.18. The number of ether oxygens (including phenoxy) is 1. The van der Waals surface area contributed by atoms with E-state index in [0.29, 0.717) is 11.3 Å². The summed E-state index contributed by atoms with van der Waals surface area (Å²) in [5, 5.41) is 21.7. The molecule has 1 saturated heterocycles. The van der Waals surface area contributed by atoms with Crippen LogP contribution in [0.25, 0.3) is 0 Å². The monoisotopic (exact) mass is 537 g/mol. The molecule has 0 radical (unpaired) electrons. The van der Waals surface area contributed by atoms with Gasteiger partial charge in [-0.1, -0.05) is 13.0 Å². The van der Waals surface area contributed by atoms with Crippen LogP contribution in [0.2, 0.25) is 0 Å². The topological polar surface area (TPSA) is 98.7 Å². The number of aromatic nitrogens is 2. The zero-order valence-corrected chi connectivity index (χ0v) is 19.6. The second kappa shape index (κ2) is 8.27. The van der Waals surface area contributed by atoms with Crippen molar-refractivity contribution in [1.82, 2.24) is 9.47 Å². The number of imidazole rings is 1. The van der Waals surface area contributed by atoms with Gasteiger partial charge in [0.15, 0.2) is 0 Å². The number of aliphatic hydroxyl groups is 1. The number of carbonyl (C=O) groups excluding carboxylic acids is 2. The van der Waals surface area contributed by atoms with E-state index in [9.17, 15) is 19.8 Å². The predicted octanol–water partition coefficient (Wildman–Crippen LogP) is 0.206. The van der Waals surface area contributed by atoms with Gasteiger partial charge in [-0.25, -0.2) is 9.13 Å². The molecule has 1 amide bonds. The fourth-order valence-corrected chi connectivity index (χ4v) is 5.28.